The van der Waals surface area contributed by atoms with Gasteiger partial charge in [0.1, 0.15) is 22.6 Å². The van der Waals surface area contributed by atoms with Crippen LogP contribution in [0, 0.1) is 5.82 Å². The maximum Gasteiger partial charge on any atom is 0.273 e. The third kappa shape index (κ3) is 4.69. The van der Waals surface area contributed by atoms with Gasteiger partial charge in [-0.25, -0.2) is 4.39 Å². The number of halogens is 1. The van der Waals surface area contributed by atoms with Crippen molar-refractivity contribution in [3.05, 3.63) is 64.7 Å². The number of benzene rings is 2. The normalized spacial score (nSPS) is 15.0. The summed E-state index contributed by atoms with van der Waals surface area (Å²) in [7, 11) is 1.42. The van der Waals surface area contributed by atoms with E-state index in [-0.39, 0.29) is 11.4 Å². The number of aromatic amines is 1. The van der Waals surface area contributed by atoms with Gasteiger partial charge in [-0.3, -0.25) is 14.8 Å². The average molecular weight is 493 g/mol. The SMILES string of the molecule is COc1cccc(F)c1-n1nc2c(-c3ccc(N4CCN(CC(C)(C)O)CC4)cc3)n[nH]c2cc1=O. The van der Waals surface area contributed by atoms with Gasteiger partial charge in [0.15, 0.2) is 5.82 Å². The van der Waals surface area contributed by atoms with E-state index in [1.165, 1.54) is 25.3 Å². The Bertz CT molecular complexity index is 1430. The van der Waals surface area contributed by atoms with Gasteiger partial charge in [-0.05, 0) is 38.1 Å². The lowest BCUT2D eigenvalue weighted by molar-refractivity contribution is 0.0345. The fourth-order valence-corrected chi connectivity index (χ4v) is 4.65. The molecule has 2 aromatic carbocycles. The number of fused-ring (bicyclic) bond motifs is 1. The molecule has 1 aliphatic rings. The van der Waals surface area contributed by atoms with Crippen molar-refractivity contribution in [3.8, 4) is 22.7 Å². The Balaban J connectivity index is 1.42. The highest BCUT2D eigenvalue weighted by atomic mass is 19.1. The molecule has 10 heteroatoms. The first kappa shape index (κ1) is 24.0. The van der Waals surface area contributed by atoms with Gasteiger partial charge < -0.3 is 14.7 Å². The van der Waals surface area contributed by atoms with E-state index in [4.69, 9.17) is 4.74 Å². The Morgan fingerprint density at radius 1 is 1.11 bits per heavy atom. The fourth-order valence-electron chi connectivity index (χ4n) is 4.65. The van der Waals surface area contributed by atoms with Crippen LogP contribution in [0.5, 0.6) is 5.75 Å². The molecule has 0 aliphatic carbocycles. The predicted octanol–water partition coefficient (Wildman–Crippen LogP) is 2.82. The van der Waals surface area contributed by atoms with Crippen molar-refractivity contribution in [1.82, 2.24) is 24.9 Å². The summed E-state index contributed by atoms with van der Waals surface area (Å²) in [4.78, 5) is 17.3. The van der Waals surface area contributed by atoms with Crippen molar-refractivity contribution < 1.29 is 14.2 Å². The summed E-state index contributed by atoms with van der Waals surface area (Å²) in [6.07, 6.45) is 0. The Morgan fingerprint density at radius 2 is 1.83 bits per heavy atom. The summed E-state index contributed by atoms with van der Waals surface area (Å²) in [6, 6.07) is 13.7. The van der Waals surface area contributed by atoms with E-state index in [9.17, 15) is 14.3 Å². The van der Waals surface area contributed by atoms with Crippen LogP contribution < -0.4 is 15.2 Å². The second kappa shape index (κ2) is 9.36. The summed E-state index contributed by atoms with van der Waals surface area (Å²) < 4.78 is 20.9. The molecule has 0 unspecified atom stereocenters. The third-order valence-corrected chi connectivity index (χ3v) is 6.31. The van der Waals surface area contributed by atoms with Gasteiger partial charge in [0, 0.05) is 50.0 Å². The minimum atomic E-state index is -0.702. The summed E-state index contributed by atoms with van der Waals surface area (Å²) >= 11 is 0. The number of β-amino-alcohol motifs (C(OH)–C–C–N with tert-alkyl or cyclic N) is 1. The summed E-state index contributed by atoms with van der Waals surface area (Å²) in [5, 5.41) is 21.8. The van der Waals surface area contributed by atoms with E-state index in [0.717, 1.165) is 42.1 Å². The molecule has 2 N–H and O–H groups in total. The lowest BCUT2D eigenvalue weighted by Gasteiger charge is -2.38. The quantitative estimate of drug-likeness (QED) is 0.427. The van der Waals surface area contributed by atoms with Crippen LogP contribution in [0.3, 0.4) is 0 Å². The molecule has 0 saturated carbocycles. The van der Waals surface area contributed by atoms with Crippen molar-refractivity contribution >= 4 is 16.7 Å². The van der Waals surface area contributed by atoms with Crippen LogP contribution >= 0.6 is 0 Å². The highest BCUT2D eigenvalue weighted by molar-refractivity contribution is 5.89. The van der Waals surface area contributed by atoms with Crippen molar-refractivity contribution in [3.63, 3.8) is 0 Å². The van der Waals surface area contributed by atoms with E-state index in [2.05, 4.69) is 25.1 Å². The number of nitrogens with zero attached hydrogens (tertiary/aromatic N) is 5. The van der Waals surface area contributed by atoms with Gasteiger partial charge in [-0.1, -0.05) is 18.2 Å². The highest BCUT2D eigenvalue weighted by Crippen LogP contribution is 2.29. The molecule has 4 aromatic rings. The molecule has 36 heavy (non-hydrogen) atoms. The van der Waals surface area contributed by atoms with Crippen LogP contribution in [0.25, 0.3) is 28.0 Å². The van der Waals surface area contributed by atoms with Gasteiger partial charge in [-0.15, -0.1) is 0 Å². The summed E-state index contributed by atoms with van der Waals surface area (Å²) in [5.74, 6) is -0.402. The van der Waals surface area contributed by atoms with Crippen molar-refractivity contribution in [1.29, 1.82) is 0 Å². The van der Waals surface area contributed by atoms with Crippen molar-refractivity contribution in [2.24, 2.45) is 0 Å². The molecule has 1 fully saturated rings. The first-order valence-corrected chi connectivity index (χ1v) is 11.8. The van der Waals surface area contributed by atoms with Crippen molar-refractivity contribution in [2.45, 2.75) is 19.4 Å². The monoisotopic (exact) mass is 492 g/mol. The number of nitrogens with one attached hydrogen (secondary N) is 1. The molecule has 5 rings (SSSR count). The van der Waals surface area contributed by atoms with Crippen LogP contribution in [0.4, 0.5) is 10.1 Å². The Morgan fingerprint density at radius 3 is 2.50 bits per heavy atom. The standard InChI is InChI=1S/C26H29FN6O3/c1-26(2,35)16-31-11-13-32(14-12-31)18-9-7-17(8-10-18)23-24-20(28-29-23)15-22(34)33(30-24)25-19(27)5-4-6-21(25)36-3/h4-10,15,28,35H,11-14,16H2,1-3H3. The number of aromatic nitrogens is 4. The Hall–Kier alpha value is -3.76. The summed E-state index contributed by atoms with van der Waals surface area (Å²) in [5.41, 5.74) is 2.16. The Kier molecular flexibility index (Phi) is 6.23. The van der Waals surface area contributed by atoms with Crippen LogP contribution in [-0.4, -0.2) is 75.4 Å². The number of H-pyrrole nitrogens is 1. The minimum absolute atomic E-state index is 0.0434. The fraction of sp³-hybridized carbons (Fsp3) is 0.346. The molecule has 0 bridgehead atoms. The average Bonchev–Trinajstić information content (AvgIpc) is 3.25. The van der Waals surface area contributed by atoms with Gasteiger partial charge >= 0.3 is 0 Å². The molecule has 0 spiro atoms. The lowest BCUT2D eigenvalue weighted by atomic mass is 10.1. The molecule has 3 heterocycles. The smallest absolute Gasteiger partial charge is 0.273 e. The first-order valence-electron chi connectivity index (χ1n) is 11.8. The number of ether oxygens (including phenoxy) is 1. The maximum atomic E-state index is 14.7. The molecule has 1 aliphatic heterocycles. The predicted molar refractivity (Wildman–Crippen MR) is 136 cm³/mol. The van der Waals surface area contributed by atoms with Crippen LogP contribution in [0.1, 0.15) is 13.8 Å². The van der Waals surface area contributed by atoms with Gasteiger partial charge in [0.25, 0.3) is 5.56 Å². The number of aliphatic hydroxyl groups is 1. The maximum absolute atomic E-state index is 14.7. The molecule has 0 amide bonds. The van der Waals surface area contributed by atoms with Gasteiger partial charge in [-0.2, -0.15) is 14.9 Å². The molecule has 0 radical (unpaired) electrons. The number of methoxy groups -OCH3 is 1. The van der Waals surface area contributed by atoms with Crippen LogP contribution in [-0.2, 0) is 0 Å². The molecule has 2 aromatic heterocycles. The molecule has 1 saturated heterocycles. The molecular weight excluding hydrogens is 463 g/mol. The Labute approximate surface area is 207 Å². The topological polar surface area (TPSA) is 99.5 Å². The van der Waals surface area contributed by atoms with Gasteiger partial charge in [0.05, 0.1) is 18.2 Å². The van der Waals surface area contributed by atoms with E-state index in [1.54, 1.807) is 6.07 Å². The first-order chi connectivity index (χ1) is 17.2. The van der Waals surface area contributed by atoms with Crippen LogP contribution in [0.2, 0.25) is 0 Å². The molecular formula is C26H29FN6O3. The van der Waals surface area contributed by atoms with Crippen molar-refractivity contribution in [2.75, 3.05) is 44.7 Å². The third-order valence-electron chi connectivity index (χ3n) is 6.31. The zero-order chi connectivity index (χ0) is 25.4. The van der Waals surface area contributed by atoms with Gasteiger partial charge in [0.2, 0.25) is 0 Å². The highest BCUT2D eigenvalue weighted by Gasteiger charge is 2.23. The van der Waals surface area contributed by atoms with E-state index in [0.29, 0.717) is 23.3 Å². The molecule has 188 valence electrons. The van der Waals surface area contributed by atoms with E-state index in [1.807, 2.05) is 38.1 Å². The minimum Gasteiger partial charge on any atom is -0.494 e. The number of hydrogen-bond acceptors (Lipinski definition) is 7. The summed E-state index contributed by atoms with van der Waals surface area (Å²) in [6.45, 7) is 7.84. The van der Waals surface area contributed by atoms with Crippen LogP contribution in [0.15, 0.2) is 53.3 Å². The molecule has 9 nitrogen and oxygen atoms in total. The second-order valence-electron chi connectivity index (χ2n) is 9.64. The lowest BCUT2D eigenvalue weighted by Crippen LogP contribution is -2.50. The van der Waals surface area contributed by atoms with E-state index >= 15 is 0 Å². The number of para-hydroxylation sites is 1. The number of rotatable bonds is 6. The number of anilines is 1. The second-order valence-corrected chi connectivity index (χ2v) is 9.64. The number of hydrogen-bond donors (Lipinski definition) is 2. The van der Waals surface area contributed by atoms with E-state index < -0.39 is 17.0 Å². The zero-order valence-electron chi connectivity index (χ0n) is 20.5. The number of piperazine rings is 1. The largest absolute Gasteiger partial charge is 0.494 e. The molecule has 0 atom stereocenters. The zero-order valence-corrected chi connectivity index (χ0v) is 20.5.